The van der Waals surface area contributed by atoms with Crippen molar-refractivity contribution in [1.29, 1.82) is 0 Å². The van der Waals surface area contributed by atoms with E-state index in [-0.39, 0.29) is 0 Å². The van der Waals surface area contributed by atoms with E-state index < -0.39 is 0 Å². The first kappa shape index (κ1) is 20.2. The molecule has 1 rings (SSSR count). The Bertz CT molecular complexity index is 449. The number of benzene rings is 1. The van der Waals surface area contributed by atoms with Gasteiger partial charge < -0.3 is 14.4 Å². The van der Waals surface area contributed by atoms with E-state index in [2.05, 4.69) is 38.1 Å². The lowest BCUT2D eigenvalue weighted by molar-refractivity contribution is 0.381. The van der Waals surface area contributed by atoms with Gasteiger partial charge >= 0.3 is 0 Å². The van der Waals surface area contributed by atoms with E-state index in [9.17, 15) is 0 Å². The molecule has 0 aliphatic heterocycles. The van der Waals surface area contributed by atoms with Gasteiger partial charge in [-0.05, 0) is 50.4 Å². The number of rotatable bonds is 12. The maximum absolute atomic E-state index is 5.60. The van der Waals surface area contributed by atoms with Gasteiger partial charge in [0, 0.05) is 6.54 Å². The lowest BCUT2D eigenvalue weighted by Crippen LogP contribution is -2.15. The maximum atomic E-state index is 5.60. The zero-order valence-electron chi connectivity index (χ0n) is 15.5. The summed E-state index contributed by atoms with van der Waals surface area (Å²) in [5, 5.41) is 0. The van der Waals surface area contributed by atoms with Crippen LogP contribution in [0.1, 0.15) is 44.6 Å². The predicted molar refractivity (Wildman–Crippen MR) is 101 cm³/mol. The molecule has 0 saturated carbocycles. The molecule has 0 atom stereocenters. The third-order valence-corrected chi connectivity index (χ3v) is 5.02. The van der Waals surface area contributed by atoms with E-state index in [1.54, 1.807) is 14.2 Å². The highest BCUT2D eigenvalue weighted by Crippen LogP contribution is 2.36. The second kappa shape index (κ2) is 11.6. The molecule has 23 heavy (non-hydrogen) atoms. The highest BCUT2D eigenvalue weighted by atomic mass is 32.2. The van der Waals surface area contributed by atoms with E-state index in [0.717, 1.165) is 30.2 Å². The molecule has 0 unspecified atom stereocenters. The summed E-state index contributed by atoms with van der Waals surface area (Å²) in [6, 6.07) is 4.28. The molecule has 132 valence electrons. The van der Waals surface area contributed by atoms with Gasteiger partial charge in [0.2, 0.25) is 0 Å². The van der Waals surface area contributed by atoms with Crippen LogP contribution in [0.4, 0.5) is 0 Å². The Balaban J connectivity index is 2.67. The maximum Gasteiger partial charge on any atom is 0.132 e. The molecule has 0 aromatic heterocycles. The summed E-state index contributed by atoms with van der Waals surface area (Å²) in [6.45, 7) is 3.26. The number of methoxy groups -OCH3 is 2. The van der Waals surface area contributed by atoms with Crippen LogP contribution < -0.4 is 9.47 Å². The van der Waals surface area contributed by atoms with Crippen molar-refractivity contribution in [2.75, 3.05) is 40.6 Å². The highest BCUT2D eigenvalue weighted by molar-refractivity contribution is 7.99. The first-order valence-corrected chi connectivity index (χ1v) is 9.63. The third kappa shape index (κ3) is 7.49. The van der Waals surface area contributed by atoms with Crippen LogP contribution in [0.5, 0.6) is 11.5 Å². The van der Waals surface area contributed by atoms with Gasteiger partial charge in [0.25, 0.3) is 0 Å². The molecule has 0 fully saturated rings. The van der Waals surface area contributed by atoms with Crippen LogP contribution in [0, 0.1) is 0 Å². The molecule has 0 amide bonds. The average molecular weight is 340 g/mol. The van der Waals surface area contributed by atoms with Crippen LogP contribution in [0.2, 0.25) is 0 Å². The minimum atomic E-state index is 0.967. The number of thioether (sulfide) groups is 1. The van der Waals surface area contributed by atoms with Crippen molar-refractivity contribution in [2.45, 2.75) is 50.3 Å². The standard InChI is InChI=1S/C19H33NO2S/c1-6-7-8-9-10-13-23-19-15-17(21-4)16(11-12-20(2)3)14-18(19)22-5/h14-15H,6-13H2,1-5H3. The van der Waals surface area contributed by atoms with E-state index in [1.165, 1.54) is 42.6 Å². The van der Waals surface area contributed by atoms with Gasteiger partial charge in [0.1, 0.15) is 11.5 Å². The van der Waals surface area contributed by atoms with Crippen molar-refractivity contribution in [3.8, 4) is 11.5 Å². The van der Waals surface area contributed by atoms with E-state index in [4.69, 9.17) is 9.47 Å². The molecule has 3 nitrogen and oxygen atoms in total. The van der Waals surface area contributed by atoms with Crippen LogP contribution in [-0.4, -0.2) is 45.5 Å². The van der Waals surface area contributed by atoms with Crippen LogP contribution >= 0.6 is 11.8 Å². The second-order valence-corrected chi connectivity index (χ2v) is 7.27. The quantitative estimate of drug-likeness (QED) is 0.400. The summed E-state index contributed by atoms with van der Waals surface area (Å²) in [5.41, 5.74) is 1.21. The van der Waals surface area contributed by atoms with Crippen molar-refractivity contribution >= 4 is 11.8 Å². The average Bonchev–Trinajstić information content (AvgIpc) is 2.55. The first-order chi connectivity index (χ1) is 11.1. The van der Waals surface area contributed by atoms with Crippen molar-refractivity contribution < 1.29 is 9.47 Å². The van der Waals surface area contributed by atoms with Crippen LogP contribution in [0.3, 0.4) is 0 Å². The fourth-order valence-electron chi connectivity index (χ4n) is 2.47. The van der Waals surface area contributed by atoms with Crippen LogP contribution in [0.15, 0.2) is 17.0 Å². The molecule has 4 heteroatoms. The van der Waals surface area contributed by atoms with Gasteiger partial charge in [0.15, 0.2) is 0 Å². The first-order valence-electron chi connectivity index (χ1n) is 8.64. The summed E-state index contributed by atoms with van der Waals surface area (Å²) in [6.07, 6.45) is 7.55. The number of ether oxygens (including phenoxy) is 2. The molecule has 0 aliphatic rings. The number of likely N-dealkylation sites (N-methyl/N-ethyl adjacent to an activating group) is 1. The molecule has 1 aromatic carbocycles. The van der Waals surface area contributed by atoms with Gasteiger partial charge in [-0.25, -0.2) is 0 Å². The molecule has 0 spiro atoms. The Kier molecular flexibility index (Phi) is 10.2. The number of nitrogens with zero attached hydrogens (tertiary/aromatic N) is 1. The molecule has 0 aliphatic carbocycles. The Morgan fingerprint density at radius 3 is 2.26 bits per heavy atom. The third-order valence-electron chi connectivity index (χ3n) is 3.90. The van der Waals surface area contributed by atoms with Crippen molar-refractivity contribution in [2.24, 2.45) is 0 Å². The summed E-state index contributed by atoms with van der Waals surface area (Å²) < 4.78 is 11.2. The van der Waals surface area contributed by atoms with Crippen molar-refractivity contribution in [1.82, 2.24) is 4.90 Å². The molecule has 0 radical (unpaired) electrons. The van der Waals surface area contributed by atoms with Gasteiger partial charge in [0.05, 0.1) is 19.1 Å². The van der Waals surface area contributed by atoms with Crippen LogP contribution in [0.25, 0.3) is 0 Å². The molecule has 0 bridgehead atoms. The SMILES string of the molecule is CCCCCCCSc1cc(OC)c(CCN(C)C)cc1OC. The summed E-state index contributed by atoms with van der Waals surface area (Å²) in [5.74, 6) is 3.08. The van der Waals surface area contributed by atoms with E-state index >= 15 is 0 Å². The molecule has 0 heterocycles. The van der Waals surface area contributed by atoms with Crippen molar-refractivity contribution in [3.63, 3.8) is 0 Å². The predicted octanol–water partition coefficient (Wildman–Crippen LogP) is 4.87. The van der Waals surface area contributed by atoms with Gasteiger partial charge in [-0.1, -0.05) is 32.6 Å². The normalized spacial score (nSPS) is 11.0. The minimum Gasteiger partial charge on any atom is -0.496 e. The summed E-state index contributed by atoms with van der Waals surface area (Å²) in [4.78, 5) is 3.37. The van der Waals surface area contributed by atoms with Gasteiger partial charge in [-0.2, -0.15) is 0 Å². The van der Waals surface area contributed by atoms with Gasteiger partial charge in [-0.3, -0.25) is 0 Å². The Hall–Kier alpha value is -0.870. The fraction of sp³-hybridized carbons (Fsp3) is 0.684. The Morgan fingerprint density at radius 2 is 1.65 bits per heavy atom. The second-order valence-electron chi connectivity index (χ2n) is 6.13. The Labute approximate surface area is 146 Å². The summed E-state index contributed by atoms with van der Waals surface area (Å²) >= 11 is 1.88. The largest absolute Gasteiger partial charge is 0.496 e. The van der Waals surface area contributed by atoms with E-state index in [0.29, 0.717) is 0 Å². The topological polar surface area (TPSA) is 21.7 Å². The summed E-state index contributed by atoms with van der Waals surface area (Å²) in [7, 11) is 7.68. The van der Waals surface area contributed by atoms with E-state index in [1.807, 2.05) is 11.8 Å². The molecular weight excluding hydrogens is 306 g/mol. The van der Waals surface area contributed by atoms with Crippen LogP contribution in [-0.2, 0) is 6.42 Å². The zero-order valence-corrected chi connectivity index (χ0v) is 16.3. The lowest BCUT2D eigenvalue weighted by Gasteiger charge is -2.16. The lowest BCUT2D eigenvalue weighted by atomic mass is 10.1. The number of hydrogen-bond acceptors (Lipinski definition) is 4. The fourth-order valence-corrected chi connectivity index (χ4v) is 3.52. The number of hydrogen-bond donors (Lipinski definition) is 0. The van der Waals surface area contributed by atoms with Gasteiger partial charge in [-0.15, -0.1) is 11.8 Å². The zero-order chi connectivity index (χ0) is 17.1. The smallest absolute Gasteiger partial charge is 0.132 e. The number of unbranched alkanes of at least 4 members (excludes halogenated alkanes) is 4. The monoisotopic (exact) mass is 339 g/mol. The Morgan fingerprint density at radius 1 is 0.957 bits per heavy atom. The molecule has 1 aromatic rings. The highest BCUT2D eigenvalue weighted by Gasteiger charge is 2.12. The van der Waals surface area contributed by atoms with Crippen molar-refractivity contribution in [3.05, 3.63) is 17.7 Å². The molecule has 0 saturated heterocycles. The minimum absolute atomic E-state index is 0.967. The molecule has 0 N–H and O–H groups in total. The molecular formula is C19H33NO2S.